The number of hydrogen-bond acceptors (Lipinski definition) is 2. The molecule has 0 N–H and O–H groups in total. The molecule has 0 amide bonds. The first-order valence-corrected chi connectivity index (χ1v) is 4.39. The van der Waals surface area contributed by atoms with Gasteiger partial charge in [-0.05, 0) is 12.1 Å². The second kappa shape index (κ2) is 4.02. The van der Waals surface area contributed by atoms with Crippen LogP contribution in [0.1, 0.15) is 0 Å². The average Bonchev–Trinajstić information content (AvgIpc) is 2.26. The number of benzene rings is 2. The molecule has 1 aliphatic heterocycles. The van der Waals surface area contributed by atoms with Crippen molar-refractivity contribution in [1.29, 1.82) is 0 Å². The van der Waals surface area contributed by atoms with Crippen LogP contribution in [0.4, 0.5) is 0 Å². The molecular formula is C12H7LiO2. The van der Waals surface area contributed by atoms with Gasteiger partial charge in [0, 0.05) is 0 Å². The van der Waals surface area contributed by atoms with Gasteiger partial charge >= 0.3 is 18.9 Å². The summed E-state index contributed by atoms with van der Waals surface area (Å²) in [5.41, 5.74) is 0. The number of fused-ring (bicyclic) bond motifs is 2. The van der Waals surface area contributed by atoms with Crippen LogP contribution in [-0.4, -0.2) is 0 Å². The van der Waals surface area contributed by atoms with Gasteiger partial charge < -0.3 is 9.47 Å². The summed E-state index contributed by atoms with van der Waals surface area (Å²) in [4.78, 5) is 0. The molecule has 0 fully saturated rings. The van der Waals surface area contributed by atoms with E-state index in [-0.39, 0.29) is 18.9 Å². The van der Waals surface area contributed by atoms with Crippen LogP contribution in [-0.2, 0) is 0 Å². The Balaban J connectivity index is 0.000000853. The molecule has 3 rings (SSSR count). The minimum absolute atomic E-state index is 0. The molecule has 0 saturated heterocycles. The molecule has 0 saturated carbocycles. The largest absolute Gasteiger partial charge is 1.00 e. The molecule has 0 spiro atoms. The Morgan fingerprint density at radius 3 is 2.27 bits per heavy atom. The van der Waals surface area contributed by atoms with E-state index in [0.29, 0.717) is 11.5 Å². The molecule has 0 aromatic heterocycles. The van der Waals surface area contributed by atoms with Gasteiger partial charge in [-0.1, -0.05) is 12.1 Å². The van der Waals surface area contributed by atoms with Crippen LogP contribution in [0.15, 0.2) is 42.5 Å². The molecule has 0 radical (unpaired) electrons. The molecule has 0 aliphatic carbocycles. The minimum Gasteiger partial charge on any atom is -0.510 e. The number of para-hydroxylation sites is 3. The van der Waals surface area contributed by atoms with E-state index >= 15 is 0 Å². The van der Waals surface area contributed by atoms with Gasteiger partial charge in [0.15, 0.2) is 11.5 Å². The Kier molecular flexibility index (Phi) is 2.72. The summed E-state index contributed by atoms with van der Waals surface area (Å²) >= 11 is 0. The van der Waals surface area contributed by atoms with E-state index in [1.165, 1.54) is 0 Å². The SMILES string of the molecule is [Li+].[c-]1cccc2c1Oc1ccccc1O2. The fourth-order valence-corrected chi connectivity index (χ4v) is 1.41. The molecule has 0 atom stereocenters. The Labute approximate surface area is 100 Å². The van der Waals surface area contributed by atoms with Crippen molar-refractivity contribution in [3.63, 3.8) is 0 Å². The van der Waals surface area contributed by atoms with Crippen LogP contribution in [0.5, 0.6) is 23.0 Å². The maximum absolute atomic E-state index is 5.62. The molecular weight excluding hydrogens is 183 g/mol. The summed E-state index contributed by atoms with van der Waals surface area (Å²) in [6, 6.07) is 16.1. The van der Waals surface area contributed by atoms with Gasteiger partial charge in [-0.2, -0.15) is 12.1 Å². The smallest absolute Gasteiger partial charge is 0.510 e. The van der Waals surface area contributed by atoms with Crippen LogP contribution >= 0.6 is 0 Å². The first kappa shape index (κ1) is 10.2. The molecule has 0 bridgehead atoms. The Hall–Kier alpha value is -1.36. The number of ether oxygens (including phenoxy) is 2. The second-order valence-corrected chi connectivity index (χ2v) is 3.01. The molecule has 3 heteroatoms. The van der Waals surface area contributed by atoms with E-state index in [1.54, 1.807) is 6.07 Å². The first-order valence-electron chi connectivity index (χ1n) is 4.39. The van der Waals surface area contributed by atoms with Crippen molar-refractivity contribution in [3.8, 4) is 23.0 Å². The predicted molar refractivity (Wildman–Crippen MR) is 51.9 cm³/mol. The van der Waals surface area contributed by atoms with Crippen LogP contribution < -0.4 is 28.3 Å². The standard InChI is InChI=1S/C12H7O2.Li/c1-2-6-10-9(5-1)13-11-7-3-4-8-12(11)14-10;/h1-7H;/q-1;+1. The third kappa shape index (κ3) is 1.74. The van der Waals surface area contributed by atoms with Crippen molar-refractivity contribution in [3.05, 3.63) is 48.5 Å². The third-order valence-corrected chi connectivity index (χ3v) is 2.06. The molecule has 1 aliphatic rings. The molecule has 15 heavy (non-hydrogen) atoms. The van der Waals surface area contributed by atoms with Crippen LogP contribution in [0.3, 0.4) is 0 Å². The summed E-state index contributed by atoms with van der Waals surface area (Å²) < 4.78 is 11.2. The van der Waals surface area contributed by atoms with Crippen LogP contribution in [0.25, 0.3) is 0 Å². The van der Waals surface area contributed by atoms with Crippen molar-refractivity contribution in [2.45, 2.75) is 0 Å². The predicted octanol–water partition coefficient (Wildman–Crippen LogP) is 0.389. The van der Waals surface area contributed by atoms with Crippen molar-refractivity contribution in [2.75, 3.05) is 0 Å². The maximum Gasteiger partial charge on any atom is 1.00 e. The summed E-state index contributed by atoms with van der Waals surface area (Å²) in [7, 11) is 0. The summed E-state index contributed by atoms with van der Waals surface area (Å²) in [6.45, 7) is 0. The van der Waals surface area contributed by atoms with Crippen LogP contribution in [0, 0.1) is 6.07 Å². The van der Waals surface area contributed by atoms with Gasteiger partial charge in [0.1, 0.15) is 0 Å². The van der Waals surface area contributed by atoms with Gasteiger partial charge in [0.25, 0.3) is 0 Å². The van der Waals surface area contributed by atoms with E-state index in [9.17, 15) is 0 Å². The summed E-state index contributed by atoms with van der Waals surface area (Å²) in [6.07, 6.45) is 0. The zero-order chi connectivity index (χ0) is 9.38. The van der Waals surface area contributed by atoms with Crippen LogP contribution in [0.2, 0.25) is 0 Å². The van der Waals surface area contributed by atoms with E-state index < -0.39 is 0 Å². The Bertz CT molecular complexity index is 395. The maximum atomic E-state index is 5.62. The normalized spacial score (nSPS) is 11.2. The molecule has 1 heterocycles. The van der Waals surface area contributed by atoms with Crippen molar-refractivity contribution in [1.82, 2.24) is 0 Å². The van der Waals surface area contributed by atoms with Gasteiger partial charge in [-0.15, -0.1) is 12.1 Å². The van der Waals surface area contributed by atoms with Gasteiger partial charge in [0.2, 0.25) is 0 Å². The Morgan fingerprint density at radius 2 is 1.47 bits per heavy atom. The van der Waals surface area contributed by atoms with Crippen molar-refractivity contribution >= 4 is 0 Å². The number of rotatable bonds is 0. The quantitative estimate of drug-likeness (QED) is 0.377. The topological polar surface area (TPSA) is 18.5 Å². The fourth-order valence-electron chi connectivity index (χ4n) is 1.41. The second-order valence-electron chi connectivity index (χ2n) is 3.01. The zero-order valence-corrected chi connectivity index (χ0v) is 8.36. The monoisotopic (exact) mass is 190 g/mol. The fraction of sp³-hybridized carbons (Fsp3) is 0. The zero-order valence-electron chi connectivity index (χ0n) is 8.36. The minimum atomic E-state index is 0. The van der Waals surface area contributed by atoms with Gasteiger partial charge in [-0.25, -0.2) is 0 Å². The van der Waals surface area contributed by atoms with Gasteiger partial charge in [-0.3, -0.25) is 0 Å². The number of hydrogen-bond donors (Lipinski definition) is 0. The van der Waals surface area contributed by atoms with E-state index in [2.05, 4.69) is 6.07 Å². The first-order chi connectivity index (χ1) is 6.93. The molecule has 2 aromatic carbocycles. The van der Waals surface area contributed by atoms with Crippen molar-refractivity contribution < 1.29 is 28.3 Å². The molecule has 2 nitrogen and oxygen atoms in total. The molecule has 2 aromatic rings. The van der Waals surface area contributed by atoms with Crippen molar-refractivity contribution in [2.24, 2.45) is 0 Å². The van der Waals surface area contributed by atoms with E-state index in [1.807, 2.05) is 36.4 Å². The molecule has 0 unspecified atom stereocenters. The van der Waals surface area contributed by atoms with E-state index in [0.717, 1.165) is 11.5 Å². The van der Waals surface area contributed by atoms with E-state index in [4.69, 9.17) is 9.47 Å². The average molecular weight is 190 g/mol. The Morgan fingerprint density at radius 1 is 0.800 bits per heavy atom. The third-order valence-electron chi connectivity index (χ3n) is 2.06. The summed E-state index contributed by atoms with van der Waals surface area (Å²) in [5.74, 6) is 2.85. The molecule has 68 valence electrons. The summed E-state index contributed by atoms with van der Waals surface area (Å²) in [5, 5.41) is 0. The van der Waals surface area contributed by atoms with Gasteiger partial charge in [0.05, 0.1) is 11.5 Å².